The van der Waals surface area contributed by atoms with Crippen molar-refractivity contribution >= 4 is 17.6 Å². The largest absolute Gasteiger partial charge is 0.493 e. The van der Waals surface area contributed by atoms with Crippen molar-refractivity contribution in [3.8, 4) is 11.5 Å². The maximum absolute atomic E-state index is 13.0. The van der Waals surface area contributed by atoms with Gasteiger partial charge in [-0.05, 0) is 133 Å². The summed E-state index contributed by atoms with van der Waals surface area (Å²) in [5.74, 6) is 3.88. The van der Waals surface area contributed by atoms with Crippen LogP contribution in [-0.4, -0.2) is 77.6 Å². The Morgan fingerprint density at radius 3 is 2.58 bits per heavy atom. The van der Waals surface area contributed by atoms with Crippen LogP contribution >= 0.6 is 0 Å². The summed E-state index contributed by atoms with van der Waals surface area (Å²) in [5, 5.41) is 18.2. The lowest BCUT2D eigenvalue weighted by molar-refractivity contribution is -0.185. The summed E-state index contributed by atoms with van der Waals surface area (Å²) in [6.45, 7) is 11.8. The fraction of sp³-hybridized carbons (Fsp3) is 0.732. The van der Waals surface area contributed by atoms with Gasteiger partial charge in [-0.25, -0.2) is 0 Å². The van der Waals surface area contributed by atoms with Gasteiger partial charge in [0, 0.05) is 40.9 Å². The van der Waals surface area contributed by atoms with E-state index in [2.05, 4.69) is 69.3 Å². The van der Waals surface area contributed by atoms with Crippen LogP contribution in [0.1, 0.15) is 104 Å². The van der Waals surface area contributed by atoms with Gasteiger partial charge >= 0.3 is 0 Å². The molecule has 5 aliphatic carbocycles. The highest BCUT2D eigenvalue weighted by Crippen LogP contribution is 2.66. The molecule has 9 rings (SSSR count). The van der Waals surface area contributed by atoms with E-state index in [4.69, 9.17) is 9.47 Å². The Kier molecular flexibility index (Phi) is 7.72. The second-order valence-corrected chi connectivity index (χ2v) is 18.6. The lowest BCUT2D eigenvalue weighted by Crippen LogP contribution is -2.76. The summed E-state index contributed by atoms with van der Waals surface area (Å²) in [7, 11) is 3.70. The monoisotopic (exact) mass is 687 g/mol. The van der Waals surface area contributed by atoms with E-state index in [1.165, 1.54) is 24.8 Å². The zero-order chi connectivity index (χ0) is 35.6. The second kappa shape index (κ2) is 11.3. The van der Waals surface area contributed by atoms with Gasteiger partial charge in [0.05, 0.1) is 18.1 Å². The third-order valence-electron chi connectivity index (χ3n) is 15.2. The van der Waals surface area contributed by atoms with Crippen LogP contribution in [0.15, 0.2) is 24.3 Å². The van der Waals surface area contributed by atoms with E-state index in [-0.39, 0.29) is 52.0 Å². The molecule has 272 valence electrons. The Morgan fingerprint density at radius 1 is 1.06 bits per heavy atom. The zero-order valence-corrected chi connectivity index (χ0v) is 31.1. The molecule has 8 aliphatic rings. The van der Waals surface area contributed by atoms with Crippen molar-refractivity contribution in [2.45, 2.75) is 134 Å². The molecule has 11 atom stereocenters. The molecule has 3 heterocycles. The van der Waals surface area contributed by atoms with E-state index in [0.29, 0.717) is 42.1 Å². The number of aliphatic hydroxyl groups is 1. The number of nitrogens with one attached hydrogen (secondary N) is 2. The molecule has 1 spiro atoms. The fourth-order valence-electron chi connectivity index (χ4n) is 12.9. The predicted octanol–water partition coefficient (Wildman–Crippen LogP) is 4.86. The number of piperidine rings is 1. The number of methoxy groups -OCH3 is 1. The summed E-state index contributed by atoms with van der Waals surface area (Å²) < 4.78 is 11.6. The number of carbonyl (C=O) groups is 3. The maximum atomic E-state index is 13.0. The van der Waals surface area contributed by atoms with Crippen LogP contribution in [0.25, 0.3) is 0 Å². The highest BCUT2D eigenvalue weighted by atomic mass is 16.5. The molecular weight excluding hydrogens is 630 g/mol. The average molecular weight is 688 g/mol. The Hall–Kier alpha value is -2.91. The van der Waals surface area contributed by atoms with Crippen molar-refractivity contribution in [2.75, 3.05) is 20.7 Å². The van der Waals surface area contributed by atoms with E-state index in [0.717, 1.165) is 44.2 Å². The quantitative estimate of drug-likeness (QED) is 0.407. The first-order valence-corrected chi connectivity index (χ1v) is 19.2. The fourth-order valence-corrected chi connectivity index (χ4v) is 12.9. The van der Waals surface area contributed by atoms with Crippen molar-refractivity contribution in [1.82, 2.24) is 15.5 Å². The summed E-state index contributed by atoms with van der Waals surface area (Å²) in [6, 6.07) is 4.33. The number of Topliss-reactive ketones (excluding diaryl/α,β-unsaturated/α-hetero) is 1. The van der Waals surface area contributed by atoms with Crippen molar-refractivity contribution in [1.29, 1.82) is 0 Å². The number of amides is 2. The highest BCUT2D eigenvalue weighted by Gasteiger charge is 2.73. The smallest absolute Gasteiger partial charge is 0.243 e. The first kappa shape index (κ1) is 34.2. The number of carbonyl (C=O) groups excluding carboxylic acids is 3. The number of hydrogen-bond donors (Lipinski definition) is 3. The van der Waals surface area contributed by atoms with E-state index in [1.54, 1.807) is 13.2 Å². The Morgan fingerprint density at radius 2 is 1.84 bits per heavy atom. The number of ketones is 1. The number of ether oxygens (including phenoxy) is 2. The molecule has 1 aromatic rings. The Bertz CT molecular complexity index is 1650. The van der Waals surface area contributed by atoms with Crippen LogP contribution in [0, 0.1) is 34.5 Å². The molecule has 9 heteroatoms. The number of benzene rings is 1. The van der Waals surface area contributed by atoms with E-state index >= 15 is 0 Å². The van der Waals surface area contributed by atoms with Crippen LogP contribution < -0.4 is 20.1 Å². The van der Waals surface area contributed by atoms with Gasteiger partial charge in [0.2, 0.25) is 11.8 Å². The van der Waals surface area contributed by atoms with Crippen LogP contribution in [0.5, 0.6) is 11.5 Å². The topological polar surface area (TPSA) is 117 Å². The van der Waals surface area contributed by atoms with Crippen LogP contribution in [-0.2, 0) is 26.2 Å². The molecule has 2 amide bonds. The van der Waals surface area contributed by atoms with E-state index in [1.807, 2.05) is 6.07 Å². The molecule has 0 unspecified atom stereocenters. The molecule has 1 saturated heterocycles. The third kappa shape index (κ3) is 4.60. The molecule has 50 heavy (non-hydrogen) atoms. The Labute approximate surface area is 297 Å². The minimum Gasteiger partial charge on any atom is -0.493 e. The average Bonchev–Trinajstić information content (AvgIpc) is 3.60. The maximum Gasteiger partial charge on any atom is 0.243 e. The molecule has 5 fully saturated rings. The van der Waals surface area contributed by atoms with E-state index < -0.39 is 17.1 Å². The molecule has 3 aliphatic heterocycles. The first-order chi connectivity index (χ1) is 23.6. The molecule has 0 aromatic heterocycles. The molecule has 4 saturated carbocycles. The third-order valence-corrected chi connectivity index (χ3v) is 15.2. The molecule has 1 aromatic carbocycles. The van der Waals surface area contributed by atoms with Gasteiger partial charge in [0.25, 0.3) is 0 Å². The minimum atomic E-state index is -0.900. The van der Waals surface area contributed by atoms with Gasteiger partial charge in [-0.2, -0.15) is 0 Å². The second-order valence-electron chi connectivity index (χ2n) is 18.6. The summed E-state index contributed by atoms with van der Waals surface area (Å²) in [6.07, 6.45) is 12.6. The number of likely N-dealkylation sites (tertiary alicyclic amines) is 1. The van der Waals surface area contributed by atoms with Crippen molar-refractivity contribution < 1.29 is 29.0 Å². The molecule has 0 radical (unpaired) electrons. The van der Waals surface area contributed by atoms with Crippen LogP contribution in [0.3, 0.4) is 0 Å². The van der Waals surface area contributed by atoms with Gasteiger partial charge in [0.1, 0.15) is 0 Å². The SMILES string of the molecule is CC(C)(C)NC(=O)[C@H]1CC[C@H]2[C@@H]3CC[C@H]4NC(=O)C=C[C@]4(C)[C@H]3CC[C@]12C.COc1ccc2c3c1O[C@H]1C(=O)CC[C@@]4(O)[C@@H](C2)N(C)CC[C@]314. The molecule has 9 nitrogen and oxygen atoms in total. The molecule has 3 N–H and O–H groups in total. The predicted molar refractivity (Wildman–Crippen MR) is 190 cm³/mol. The number of fused-ring (bicyclic) bond motifs is 5. The number of nitrogens with zero attached hydrogens (tertiary/aromatic N) is 1. The summed E-state index contributed by atoms with van der Waals surface area (Å²) in [5.41, 5.74) is 0.770. The van der Waals surface area contributed by atoms with Gasteiger partial charge in [0.15, 0.2) is 23.4 Å². The number of hydrogen-bond acceptors (Lipinski definition) is 7. The molecule has 2 bridgehead atoms. The zero-order valence-electron chi connectivity index (χ0n) is 31.1. The van der Waals surface area contributed by atoms with Crippen LogP contribution in [0.4, 0.5) is 0 Å². The standard InChI is InChI=1S/C23H36N2O2.C18H21NO4/c1-21(2,3)25-20(27)17-8-7-15-14-6-9-18-23(5,13-11-19(26)24-18)16(14)10-12-22(15,17)4;1-19-8-7-17-14-10-3-4-12(22-2)15(14)23-16(17)11(20)5-6-18(17,21)13(19)9-10/h11,13-18H,6-10,12H2,1-5H3,(H,24,26)(H,25,27);3-4,13,16,21H,5-9H2,1-2H3/t14-,15-,16-,17+,18+,22-,23+;13-,16+,17+,18-/m01/s1. The van der Waals surface area contributed by atoms with E-state index in [9.17, 15) is 19.5 Å². The van der Waals surface area contributed by atoms with Gasteiger partial charge in [-0.1, -0.05) is 26.0 Å². The van der Waals surface area contributed by atoms with Gasteiger partial charge in [-0.15, -0.1) is 0 Å². The summed E-state index contributed by atoms with van der Waals surface area (Å²) in [4.78, 5) is 39.8. The first-order valence-electron chi connectivity index (χ1n) is 19.2. The summed E-state index contributed by atoms with van der Waals surface area (Å²) >= 11 is 0. The van der Waals surface area contributed by atoms with Crippen LogP contribution in [0.2, 0.25) is 0 Å². The molecular formula is C41H57N3O6. The van der Waals surface area contributed by atoms with Crippen molar-refractivity contribution in [2.24, 2.45) is 34.5 Å². The number of rotatable bonds is 2. The Balaban J connectivity index is 0.000000146. The van der Waals surface area contributed by atoms with Crippen molar-refractivity contribution in [3.63, 3.8) is 0 Å². The highest BCUT2D eigenvalue weighted by molar-refractivity contribution is 5.90. The lowest BCUT2D eigenvalue weighted by atomic mass is 9.48. The minimum absolute atomic E-state index is 0.0438. The number of likely N-dealkylation sites (N-methyl/N-ethyl adjacent to an activating group) is 1. The van der Waals surface area contributed by atoms with Gasteiger partial charge < -0.3 is 30.1 Å². The lowest BCUT2D eigenvalue weighted by Gasteiger charge is -2.62. The van der Waals surface area contributed by atoms with Gasteiger partial charge in [-0.3, -0.25) is 14.4 Å². The van der Waals surface area contributed by atoms with Crippen molar-refractivity contribution in [3.05, 3.63) is 35.4 Å². The normalized spacial score (nSPS) is 43.6.